The number of aromatic hydroxyl groups is 2. The zero-order valence-electron chi connectivity index (χ0n) is 23.2. The van der Waals surface area contributed by atoms with Crippen LogP contribution >= 0.6 is 0 Å². The van der Waals surface area contributed by atoms with Crippen molar-refractivity contribution in [2.45, 2.75) is 90.4 Å². The minimum atomic E-state index is -0.890. The molecule has 2 aromatic carbocycles. The Hall–Kier alpha value is -3.55. The summed E-state index contributed by atoms with van der Waals surface area (Å²) in [4.78, 5) is 42.8. The molecule has 2 aromatic rings. The molecular formula is C31H39N3O5. The second-order valence-corrected chi connectivity index (χ2v) is 12.1. The first-order chi connectivity index (χ1) is 18.5. The maximum absolute atomic E-state index is 14.2. The highest BCUT2D eigenvalue weighted by atomic mass is 16.3. The van der Waals surface area contributed by atoms with Gasteiger partial charge in [-0.2, -0.15) is 0 Å². The molecular weight excluding hydrogens is 494 g/mol. The quantitative estimate of drug-likeness (QED) is 0.433. The summed E-state index contributed by atoms with van der Waals surface area (Å²) in [5.74, 6) is -1.57. The summed E-state index contributed by atoms with van der Waals surface area (Å²) in [7, 11) is 0. The van der Waals surface area contributed by atoms with Crippen molar-refractivity contribution in [3.05, 3.63) is 58.7 Å². The number of fused-ring (bicyclic) bond motifs is 4. The van der Waals surface area contributed by atoms with Crippen LogP contribution in [0.1, 0.15) is 87.7 Å². The van der Waals surface area contributed by atoms with E-state index in [0.717, 1.165) is 24.8 Å². The summed E-state index contributed by atoms with van der Waals surface area (Å²) in [5, 5.41) is 26.8. The molecule has 1 unspecified atom stereocenters. The van der Waals surface area contributed by atoms with Crippen molar-refractivity contribution in [1.82, 2.24) is 15.5 Å². The molecule has 1 aliphatic carbocycles. The largest absolute Gasteiger partial charge is 0.504 e. The lowest BCUT2D eigenvalue weighted by Gasteiger charge is -2.36. The number of amides is 3. The average Bonchev–Trinajstić information content (AvgIpc) is 3.15. The lowest BCUT2D eigenvalue weighted by Crippen LogP contribution is -2.57. The summed E-state index contributed by atoms with van der Waals surface area (Å²) >= 11 is 0. The smallest absolute Gasteiger partial charge is 0.246 e. The minimum absolute atomic E-state index is 0.131. The predicted octanol–water partition coefficient (Wildman–Crippen LogP) is 4.05. The summed E-state index contributed by atoms with van der Waals surface area (Å²) in [5.41, 5.74) is 3.16. The van der Waals surface area contributed by atoms with Crippen LogP contribution in [0.15, 0.2) is 36.4 Å². The Bertz CT molecular complexity index is 1310. The lowest BCUT2D eigenvalue weighted by atomic mass is 9.80. The van der Waals surface area contributed by atoms with E-state index in [1.165, 1.54) is 17.7 Å². The van der Waals surface area contributed by atoms with Gasteiger partial charge in [0.1, 0.15) is 12.1 Å². The SMILES string of the molecule is CC[C@@H](C)C(=O)N[C@H]1Cc2cc(O)c(O)cc2[C@H]2CC(C)(C)C(C(=O)N[C@@H]3CCCc4ccccc43)N2C1=O. The highest BCUT2D eigenvalue weighted by Crippen LogP contribution is 2.51. The first-order valence-electron chi connectivity index (χ1n) is 14.1. The molecule has 1 saturated heterocycles. The number of aryl methyl sites for hydroxylation is 1. The number of carbonyl (C=O) groups excluding carboxylic acids is 3. The molecule has 39 heavy (non-hydrogen) atoms. The van der Waals surface area contributed by atoms with Crippen LogP contribution in [-0.4, -0.2) is 44.9 Å². The predicted molar refractivity (Wildman–Crippen MR) is 147 cm³/mol. The van der Waals surface area contributed by atoms with Crippen molar-refractivity contribution < 1.29 is 24.6 Å². The van der Waals surface area contributed by atoms with Gasteiger partial charge in [0, 0.05) is 12.3 Å². The van der Waals surface area contributed by atoms with Crippen molar-refractivity contribution in [3.63, 3.8) is 0 Å². The third kappa shape index (κ3) is 4.85. The monoisotopic (exact) mass is 533 g/mol. The van der Waals surface area contributed by atoms with Gasteiger partial charge >= 0.3 is 0 Å². The number of rotatable bonds is 5. The van der Waals surface area contributed by atoms with Crippen molar-refractivity contribution >= 4 is 17.7 Å². The van der Waals surface area contributed by atoms with E-state index in [2.05, 4.69) is 22.8 Å². The Labute approximate surface area is 229 Å². The fraction of sp³-hybridized carbons (Fsp3) is 0.516. The molecule has 8 nitrogen and oxygen atoms in total. The van der Waals surface area contributed by atoms with Crippen LogP contribution in [0.3, 0.4) is 0 Å². The number of hydrogen-bond acceptors (Lipinski definition) is 5. The molecule has 8 heteroatoms. The molecule has 4 N–H and O–H groups in total. The summed E-state index contributed by atoms with van der Waals surface area (Å²) in [6.45, 7) is 7.70. The molecule has 5 atom stereocenters. The van der Waals surface area contributed by atoms with E-state index < -0.39 is 23.5 Å². The molecule has 5 rings (SSSR count). The number of nitrogens with one attached hydrogen (secondary N) is 2. The Morgan fingerprint density at radius 1 is 1.05 bits per heavy atom. The number of nitrogens with zero attached hydrogens (tertiary/aromatic N) is 1. The van der Waals surface area contributed by atoms with Gasteiger partial charge < -0.3 is 25.7 Å². The van der Waals surface area contributed by atoms with Gasteiger partial charge in [0.2, 0.25) is 17.7 Å². The second-order valence-electron chi connectivity index (χ2n) is 12.1. The Kier molecular flexibility index (Phi) is 7.08. The van der Waals surface area contributed by atoms with Gasteiger partial charge in [-0.3, -0.25) is 14.4 Å². The van der Waals surface area contributed by atoms with Crippen LogP contribution in [0.4, 0.5) is 0 Å². The molecule has 2 heterocycles. The van der Waals surface area contributed by atoms with Crippen molar-refractivity contribution in [1.29, 1.82) is 0 Å². The zero-order valence-corrected chi connectivity index (χ0v) is 23.2. The number of phenols is 2. The van der Waals surface area contributed by atoms with Gasteiger partial charge in [0.15, 0.2) is 11.5 Å². The van der Waals surface area contributed by atoms with Crippen molar-refractivity contribution in [3.8, 4) is 11.5 Å². The number of benzene rings is 2. The summed E-state index contributed by atoms with van der Waals surface area (Å²) in [6.07, 6.45) is 4.08. The molecule has 0 spiro atoms. The van der Waals surface area contributed by atoms with Crippen LogP contribution in [0, 0.1) is 11.3 Å². The van der Waals surface area contributed by atoms with Crippen LogP contribution in [0.5, 0.6) is 11.5 Å². The molecule has 2 aliphatic heterocycles. The van der Waals surface area contributed by atoms with Gasteiger partial charge in [-0.25, -0.2) is 0 Å². The fourth-order valence-corrected chi connectivity index (χ4v) is 6.66. The van der Waals surface area contributed by atoms with Crippen molar-refractivity contribution in [2.24, 2.45) is 11.3 Å². The Morgan fingerprint density at radius 3 is 2.51 bits per heavy atom. The minimum Gasteiger partial charge on any atom is -0.504 e. The maximum Gasteiger partial charge on any atom is 0.246 e. The molecule has 0 bridgehead atoms. The standard InChI is InChI=1S/C31H39N3O5/c1-5-17(2)28(37)33-23-13-19-14-25(35)26(36)15-21(19)24-16-31(3,4)27(34(24)30(23)39)29(38)32-22-12-8-10-18-9-6-7-11-20(18)22/h6-7,9,11,14-15,17,22-24,27,35-36H,5,8,10,12-13,16H2,1-4H3,(H,32,38)(H,33,37)/t17-,22-,23+,24-,27?/m1/s1. The van der Waals surface area contributed by atoms with Gasteiger partial charge in [-0.15, -0.1) is 0 Å². The van der Waals surface area contributed by atoms with E-state index >= 15 is 0 Å². The van der Waals surface area contributed by atoms with Crippen molar-refractivity contribution in [2.75, 3.05) is 0 Å². The van der Waals surface area contributed by atoms with E-state index in [1.54, 1.807) is 4.90 Å². The third-order valence-corrected chi connectivity index (χ3v) is 8.96. The average molecular weight is 534 g/mol. The van der Waals surface area contributed by atoms with Gasteiger partial charge in [0.05, 0.1) is 12.1 Å². The molecule has 1 fully saturated rings. The molecule has 0 aromatic heterocycles. The first-order valence-corrected chi connectivity index (χ1v) is 14.1. The highest BCUT2D eigenvalue weighted by Gasteiger charge is 2.55. The number of carbonyl (C=O) groups is 3. The third-order valence-electron chi connectivity index (χ3n) is 8.96. The summed E-state index contributed by atoms with van der Waals surface area (Å²) in [6, 6.07) is 8.87. The van der Waals surface area contributed by atoms with Gasteiger partial charge in [0.25, 0.3) is 0 Å². The van der Waals surface area contributed by atoms with Crippen LogP contribution in [0.2, 0.25) is 0 Å². The maximum atomic E-state index is 14.2. The lowest BCUT2D eigenvalue weighted by molar-refractivity contribution is -0.145. The van der Waals surface area contributed by atoms with E-state index in [4.69, 9.17) is 0 Å². The number of hydrogen-bond donors (Lipinski definition) is 4. The zero-order chi connectivity index (χ0) is 28.1. The molecule has 0 radical (unpaired) electrons. The van der Waals surface area contributed by atoms with E-state index in [-0.39, 0.29) is 47.6 Å². The Balaban J connectivity index is 1.53. The molecule has 3 amide bonds. The first kappa shape index (κ1) is 27.0. The van der Waals surface area contributed by atoms with Crippen LogP contribution in [-0.2, 0) is 27.2 Å². The second kappa shape index (κ2) is 10.2. The van der Waals surface area contributed by atoms with Gasteiger partial charge in [-0.05, 0) is 71.9 Å². The highest BCUT2D eigenvalue weighted by molar-refractivity contribution is 5.94. The van der Waals surface area contributed by atoms with Gasteiger partial charge in [-0.1, -0.05) is 52.0 Å². The number of phenolic OH excluding ortho intramolecular Hbond substituents is 2. The normalized spacial score (nSPS) is 26.1. The molecule has 0 saturated carbocycles. The van der Waals surface area contributed by atoms with E-state index in [9.17, 15) is 24.6 Å². The van der Waals surface area contributed by atoms with E-state index in [1.807, 2.05) is 39.8 Å². The molecule has 3 aliphatic rings. The Morgan fingerprint density at radius 2 is 1.77 bits per heavy atom. The van der Waals surface area contributed by atoms with Crippen LogP contribution in [0.25, 0.3) is 0 Å². The van der Waals surface area contributed by atoms with Crippen LogP contribution < -0.4 is 10.6 Å². The summed E-state index contributed by atoms with van der Waals surface area (Å²) < 4.78 is 0. The van der Waals surface area contributed by atoms with E-state index in [0.29, 0.717) is 24.0 Å². The topological polar surface area (TPSA) is 119 Å². The fourth-order valence-electron chi connectivity index (χ4n) is 6.66. The molecule has 208 valence electrons.